The fraction of sp³-hybridized carbons (Fsp3) is 0.322. The number of halogens is 6. The molecule has 2 unspecified atom stereocenters. The summed E-state index contributed by atoms with van der Waals surface area (Å²) in [4.78, 5) is 73.9. The van der Waals surface area contributed by atoms with E-state index in [2.05, 4.69) is 78.7 Å². The summed E-state index contributed by atoms with van der Waals surface area (Å²) in [6.07, 6.45) is 1.13. The first-order valence-electron chi connectivity index (χ1n) is 27.4. The van der Waals surface area contributed by atoms with Crippen LogP contribution in [0.1, 0.15) is 116 Å². The van der Waals surface area contributed by atoms with E-state index in [0.717, 1.165) is 12.1 Å². The van der Waals surface area contributed by atoms with E-state index in [1.54, 1.807) is 48.1 Å². The number of fused-ring (bicyclic) bond motifs is 2. The predicted octanol–water partition coefficient (Wildman–Crippen LogP) is 10.1. The third kappa shape index (κ3) is 11.7. The van der Waals surface area contributed by atoms with Crippen LogP contribution in [0.2, 0.25) is 0 Å². The summed E-state index contributed by atoms with van der Waals surface area (Å²) in [6, 6.07) is 12.3. The standard InChI is InChI=1S/C59H54F6N18O5/c1-9-42(84)81-25-34(41(28-81)82-26-35(23-71-82)45-73-43-37(14-16-67-47(43)75-45)30-10-12-32(39(18-30)58(60,61)62)21-69-49(85)51-77-53(79-87-51)55(2,3)4)20-56(5,6)54-78-52(88-80-54)50(86)70-22-33-13-11-31(19-40(33)59(63,64)65)38-15-17-68-48-44(38)74-46(76-48)36-24-72-83(27-36)57(7,8)29-66/h9-19,23-24,26-27,34,41H,1,20-22,25,28H2,2-8H3,(H,69,85)(H,70,86)(H,67,73,75)(H,68,74,76). The van der Waals surface area contributed by atoms with Gasteiger partial charge in [-0.2, -0.15) is 51.8 Å². The Kier molecular flexibility index (Phi) is 14.9. The molecule has 23 nitrogen and oxygen atoms in total. The summed E-state index contributed by atoms with van der Waals surface area (Å²) in [5.74, 6) is -2.28. The van der Waals surface area contributed by atoms with Crippen molar-refractivity contribution in [1.29, 1.82) is 5.26 Å². The number of nitrogens with one attached hydrogen (secondary N) is 4. The van der Waals surface area contributed by atoms with Crippen LogP contribution >= 0.6 is 0 Å². The van der Waals surface area contributed by atoms with Crippen molar-refractivity contribution in [2.75, 3.05) is 13.1 Å². The first-order chi connectivity index (χ1) is 41.6. The number of carbonyl (C=O) groups excluding carboxylic acids is 3. The maximum absolute atomic E-state index is 14.8. The Morgan fingerprint density at radius 3 is 1.70 bits per heavy atom. The number of nitrogens with zero attached hydrogens (tertiary/aromatic N) is 14. The third-order valence-electron chi connectivity index (χ3n) is 15.2. The summed E-state index contributed by atoms with van der Waals surface area (Å²) >= 11 is 0. The number of rotatable bonds is 16. The number of pyridine rings is 2. The average molecular weight is 1210 g/mol. The highest BCUT2D eigenvalue weighted by atomic mass is 19.4. The number of carbonyl (C=O) groups is 3. The van der Waals surface area contributed by atoms with Crippen LogP contribution in [0.25, 0.3) is 67.4 Å². The molecule has 2 atom stereocenters. The molecule has 2 aromatic carbocycles. The number of nitriles is 1. The molecule has 0 radical (unpaired) electrons. The summed E-state index contributed by atoms with van der Waals surface area (Å²) in [5.41, 5.74) is -1.66. The first kappa shape index (κ1) is 59.3. The minimum atomic E-state index is -4.84. The molecule has 11 rings (SSSR count). The van der Waals surface area contributed by atoms with Crippen molar-refractivity contribution < 1.29 is 49.8 Å². The molecular formula is C59H54F6N18O5. The molecule has 0 bridgehead atoms. The highest BCUT2D eigenvalue weighted by Gasteiger charge is 2.42. The lowest BCUT2D eigenvalue weighted by Gasteiger charge is -2.27. The quantitative estimate of drug-likeness (QED) is 0.0516. The van der Waals surface area contributed by atoms with Crippen molar-refractivity contribution in [3.05, 3.63) is 144 Å². The summed E-state index contributed by atoms with van der Waals surface area (Å²) in [7, 11) is 0. The molecule has 1 saturated heterocycles. The van der Waals surface area contributed by atoms with Gasteiger partial charge >= 0.3 is 35.9 Å². The van der Waals surface area contributed by atoms with Gasteiger partial charge in [0.05, 0.1) is 46.8 Å². The van der Waals surface area contributed by atoms with Gasteiger partial charge in [-0.05, 0) is 72.9 Å². The number of aromatic amines is 2. The highest BCUT2D eigenvalue weighted by molar-refractivity contribution is 5.94. The van der Waals surface area contributed by atoms with E-state index in [4.69, 9.17) is 14.0 Å². The lowest BCUT2D eigenvalue weighted by Crippen LogP contribution is -2.29. The molecule has 1 aliphatic heterocycles. The van der Waals surface area contributed by atoms with Crippen LogP contribution in [0.4, 0.5) is 26.3 Å². The average Bonchev–Trinajstić information content (AvgIpc) is 1.86. The van der Waals surface area contributed by atoms with E-state index >= 15 is 0 Å². The van der Waals surface area contributed by atoms with Gasteiger partial charge in [-0.25, -0.2) is 19.9 Å². The van der Waals surface area contributed by atoms with E-state index < -0.39 is 76.7 Å². The second kappa shape index (κ2) is 22.1. The molecule has 1 fully saturated rings. The van der Waals surface area contributed by atoms with Crippen molar-refractivity contribution in [2.24, 2.45) is 5.92 Å². The van der Waals surface area contributed by atoms with Gasteiger partial charge in [-0.3, -0.25) is 23.7 Å². The molecule has 452 valence electrons. The Balaban J connectivity index is 0.778. The van der Waals surface area contributed by atoms with Crippen molar-refractivity contribution in [3.8, 4) is 51.1 Å². The number of amides is 3. The Labute approximate surface area is 495 Å². The zero-order valence-corrected chi connectivity index (χ0v) is 48.1. The number of benzene rings is 2. The first-order valence-corrected chi connectivity index (χ1v) is 27.4. The Hall–Kier alpha value is -10.4. The van der Waals surface area contributed by atoms with Gasteiger partial charge in [-0.1, -0.05) is 75.8 Å². The smallest absolute Gasteiger partial charge is 0.344 e. The predicted molar refractivity (Wildman–Crippen MR) is 303 cm³/mol. The van der Waals surface area contributed by atoms with Gasteiger partial charge in [-0.15, -0.1) is 0 Å². The number of likely N-dealkylation sites (tertiary alicyclic amines) is 1. The van der Waals surface area contributed by atoms with E-state index in [1.165, 1.54) is 59.7 Å². The number of aromatic nitrogens is 14. The molecule has 9 heterocycles. The van der Waals surface area contributed by atoms with Crippen LogP contribution in [-0.2, 0) is 46.6 Å². The zero-order chi connectivity index (χ0) is 62.8. The van der Waals surface area contributed by atoms with Crippen LogP contribution in [0, 0.1) is 17.2 Å². The van der Waals surface area contributed by atoms with Crippen LogP contribution in [-0.4, -0.2) is 105 Å². The van der Waals surface area contributed by atoms with Gasteiger partial charge < -0.3 is 34.5 Å². The fourth-order valence-electron chi connectivity index (χ4n) is 10.5. The summed E-state index contributed by atoms with van der Waals surface area (Å²) < 4.78 is 102. The van der Waals surface area contributed by atoms with Gasteiger partial charge in [0.25, 0.3) is 0 Å². The summed E-state index contributed by atoms with van der Waals surface area (Å²) in [5, 5.41) is 31.3. The number of alkyl halides is 6. The number of imidazole rings is 2. The maximum Gasteiger partial charge on any atom is 0.416 e. The second-order valence-electron chi connectivity index (χ2n) is 23.4. The lowest BCUT2D eigenvalue weighted by molar-refractivity contribution is -0.139. The molecule has 10 aromatic rings. The van der Waals surface area contributed by atoms with Gasteiger partial charge in [0.1, 0.15) is 28.2 Å². The van der Waals surface area contributed by atoms with E-state index in [0.29, 0.717) is 51.5 Å². The van der Waals surface area contributed by atoms with Gasteiger partial charge in [0.15, 0.2) is 22.9 Å². The van der Waals surface area contributed by atoms with Crippen LogP contribution < -0.4 is 10.6 Å². The SMILES string of the molecule is C=CC(=O)N1CC(CC(C)(C)c2noc(C(=O)NCc3ccc(-c4ccnc5[nH]c(-c6cnn(C(C)(C)C#N)c6)nc45)cc3C(F)(F)F)n2)C(n2cc(-c3nc4c(-c5ccc(CNC(=O)c6nc(C(C)(C)C)no6)c(C(F)(F)F)c5)ccnc4[nH]3)cn2)C1. The van der Waals surface area contributed by atoms with Crippen LogP contribution in [0.3, 0.4) is 0 Å². The molecule has 3 amide bonds. The maximum atomic E-state index is 14.8. The zero-order valence-electron chi connectivity index (χ0n) is 48.1. The van der Waals surface area contributed by atoms with E-state index in [9.17, 15) is 46.0 Å². The van der Waals surface area contributed by atoms with Crippen molar-refractivity contribution >= 4 is 40.0 Å². The largest absolute Gasteiger partial charge is 0.416 e. The molecule has 88 heavy (non-hydrogen) atoms. The second-order valence-corrected chi connectivity index (χ2v) is 23.4. The Bertz CT molecular complexity index is 4400. The molecule has 1 aliphatic rings. The fourth-order valence-corrected chi connectivity index (χ4v) is 10.5. The Morgan fingerprint density at radius 1 is 0.693 bits per heavy atom. The van der Waals surface area contributed by atoms with Gasteiger partial charge in [0.2, 0.25) is 5.91 Å². The topological polar surface area (TPSA) is 299 Å². The van der Waals surface area contributed by atoms with E-state index in [-0.39, 0.29) is 75.9 Å². The minimum absolute atomic E-state index is 0.112. The number of hydrogen-bond donors (Lipinski definition) is 4. The van der Waals surface area contributed by atoms with E-state index in [1.807, 2.05) is 34.6 Å². The van der Waals surface area contributed by atoms with Crippen LogP contribution in [0.15, 0.2) is 107 Å². The molecule has 0 saturated carbocycles. The molecule has 8 aromatic heterocycles. The molecule has 4 N–H and O–H groups in total. The summed E-state index contributed by atoms with van der Waals surface area (Å²) in [6.45, 7) is 15.5. The van der Waals surface area contributed by atoms with Crippen LogP contribution in [0.5, 0.6) is 0 Å². The highest BCUT2D eigenvalue weighted by Crippen LogP contribution is 2.42. The monoisotopic (exact) mass is 1210 g/mol. The van der Waals surface area contributed by atoms with Gasteiger partial charge in [0, 0.05) is 78.8 Å². The Morgan fingerprint density at radius 2 is 1.20 bits per heavy atom. The molecule has 29 heteroatoms. The molecule has 0 spiro atoms. The van der Waals surface area contributed by atoms with Crippen molar-refractivity contribution in [2.45, 2.75) is 103 Å². The molecular weight excluding hydrogens is 1150 g/mol. The normalized spacial score (nSPS) is 15.1. The van der Waals surface area contributed by atoms with Crippen molar-refractivity contribution in [3.63, 3.8) is 0 Å². The molecule has 0 aliphatic carbocycles. The number of hydrogen-bond acceptors (Lipinski definition) is 16. The third-order valence-corrected chi connectivity index (χ3v) is 15.2. The lowest BCUT2D eigenvalue weighted by atomic mass is 9.80. The number of H-pyrrole nitrogens is 2. The van der Waals surface area contributed by atoms with Crippen molar-refractivity contribution in [1.82, 2.24) is 85.3 Å². The minimum Gasteiger partial charge on any atom is -0.344 e.